The largest absolute Gasteiger partial charge is 0.350 e. The van der Waals surface area contributed by atoms with E-state index in [-0.39, 0.29) is 24.2 Å². The summed E-state index contributed by atoms with van der Waals surface area (Å²) in [6.07, 6.45) is 2.87. The molecule has 0 bridgehead atoms. The van der Waals surface area contributed by atoms with Crippen LogP contribution in [0.2, 0.25) is 0 Å². The molecule has 120 valence electrons. The maximum absolute atomic E-state index is 13.8. The molecule has 1 atom stereocenters. The lowest BCUT2D eigenvalue weighted by Gasteiger charge is -2.17. The molecule has 0 fully saturated rings. The first-order valence-electron chi connectivity index (χ1n) is 6.65. The first-order valence-corrected chi connectivity index (χ1v) is 9.48. The van der Waals surface area contributed by atoms with Crippen LogP contribution in [0.1, 0.15) is 13.3 Å². The van der Waals surface area contributed by atoms with Gasteiger partial charge in [-0.3, -0.25) is 0 Å². The van der Waals surface area contributed by atoms with Crippen LogP contribution in [0.25, 0.3) is 11.3 Å². The van der Waals surface area contributed by atoms with Gasteiger partial charge in [-0.1, -0.05) is 6.92 Å². The lowest BCUT2D eigenvalue weighted by Crippen LogP contribution is -2.36. The van der Waals surface area contributed by atoms with Gasteiger partial charge in [0, 0.05) is 23.5 Å². The molecule has 2 aromatic heterocycles. The van der Waals surface area contributed by atoms with E-state index in [0.29, 0.717) is 12.0 Å². The third kappa shape index (κ3) is 4.72. The molecule has 0 saturated carbocycles. The highest BCUT2D eigenvalue weighted by Crippen LogP contribution is 2.23. The van der Waals surface area contributed by atoms with E-state index >= 15 is 0 Å². The second-order valence-electron chi connectivity index (χ2n) is 4.77. The van der Waals surface area contributed by atoms with Crippen molar-refractivity contribution in [3.8, 4) is 11.3 Å². The molecule has 0 aromatic carbocycles. The molecule has 0 aliphatic rings. The Morgan fingerprint density at radius 2 is 2.23 bits per heavy atom. The van der Waals surface area contributed by atoms with E-state index in [1.165, 1.54) is 11.3 Å². The Labute approximate surface area is 132 Å². The molecular formula is C13H17FN4O2S2. The lowest BCUT2D eigenvalue weighted by atomic mass is 10.2. The van der Waals surface area contributed by atoms with E-state index in [1.54, 1.807) is 11.4 Å². The van der Waals surface area contributed by atoms with E-state index in [1.807, 2.05) is 12.3 Å². The molecule has 2 rings (SSSR count). The van der Waals surface area contributed by atoms with Crippen molar-refractivity contribution >= 4 is 27.3 Å². The van der Waals surface area contributed by atoms with Crippen LogP contribution in [-0.2, 0) is 10.0 Å². The molecule has 0 aliphatic carbocycles. The number of sulfonamides is 1. The first kappa shape index (κ1) is 16.8. The Kier molecular flexibility index (Phi) is 5.43. The average molecular weight is 344 g/mol. The Morgan fingerprint density at radius 1 is 1.45 bits per heavy atom. The van der Waals surface area contributed by atoms with Gasteiger partial charge in [0.2, 0.25) is 16.0 Å². The molecule has 0 saturated heterocycles. The Balaban J connectivity index is 2.13. The first-order chi connectivity index (χ1) is 10.4. The minimum absolute atomic E-state index is 0.185. The molecule has 0 amide bonds. The number of hydrogen-bond acceptors (Lipinski definition) is 6. The molecule has 2 aromatic rings. The minimum Gasteiger partial charge on any atom is -0.350 e. The van der Waals surface area contributed by atoms with Crippen molar-refractivity contribution < 1.29 is 12.8 Å². The van der Waals surface area contributed by atoms with Crippen LogP contribution >= 0.6 is 11.3 Å². The van der Waals surface area contributed by atoms with Gasteiger partial charge in [0.05, 0.1) is 12.5 Å². The molecule has 9 heteroatoms. The third-order valence-electron chi connectivity index (χ3n) is 2.96. The quantitative estimate of drug-likeness (QED) is 0.803. The zero-order chi connectivity index (χ0) is 16.2. The monoisotopic (exact) mass is 344 g/mol. The smallest absolute Gasteiger partial charge is 0.223 e. The standard InChI is InChI=1S/C13H17FN4O2S2/c1-3-10(6-16-22(2,19)20)17-13-15-7-11(14)12(18-13)9-4-5-21-8-9/h4-5,7-8,10,16H,3,6H2,1-2H3,(H,15,17,18)/t10-/m0/s1. The maximum Gasteiger partial charge on any atom is 0.223 e. The number of aromatic nitrogens is 2. The highest BCUT2D eigenvalue weighted by Gasteiger charge is 2.14. The summed E-state index contributed by atoms with van der Waals surface area (Å²) in [6, 6.07) is 1.60. The van der Waals surface area contributed by atoms with Crippen molar-refractivity contribution in [1.82, 2.24) is 14.7 Å². The summed E-state index contributed by atoms with van der Waals surface area (Å²) in [4.78, 5) is 8.09. The fourth-order valence-corrected chi connectivity index (χ4v) is 2.91. The molecule has 0 unspecified atom stereocenters. The second-order valence-corrected chi connectivity index (χ2v) is 7.39. The third-order valence-corrected chi connectivity index (χ3v) is 4.33. The van der Waals surface area contributed by atoms with Gasteiger partial charge in [-0.25, -0.2) is 27.5 Å². The maximum atomic E-state index is 13.8. The van der Waals surface area contributed by atoms with E-state index in [2.05, 4.69) is 20.0 Å². The van der Waals surface area contributed by atoms with Gasteiger partial charge in [-0.15, -0.1) is 0 Å². The summed E-state index contributed by atoms with van der Waals surface area (Å²) >= 11 is 1.45. The fraction of sp³-hybridized carbons (Fsp3) is 0.385. The Bertz CT molecular complexity index is 720. The van der Waals surface area contributed by atoms with Crippen LogP contribution in [0.3, 0.4) is 0 Å². The summed E-state index contributed by atoms with van der Waals surface area (Å²) in [7, 11) is -3.26. The van der Waals surface area contributed by atoms with E-state index in [9.17, 15) is 12.8 Å². The predicted octanol–water partition coefficient (Wildman–Crippen LogP) is 2.08. The van der Waals surface area contributed by atoms with Gasteiger partial charge >= 0.3 is 0 Å². The van der Waals surface area contributed by atoms with Crippen LogP contribution in [0.5, 0.6) is 0 Å². The molecule has 0 spiro atoms. The molecule has 2 N–H and O–H groups in total. The lowest BCUT2D eigenvalue weighted by molar-refractivity contribution is 0.575. The topological polar surface area (TPSA) is 84.0 Å². The van der Waals surface area contributed by atoms with Gasteiger partial charge in [0.25, 0.3) is 0 Å². The molecule has 2 heterocycles. The van der Waals surface area contributed by atoms with Crippen LogP contribution in [0, 0.1) is 5.82 Å². The molecule has 22 heavy (non-hydrogen) atoms. The molecular weight excluding hydrogens is 327 g/mol. The van der Waals surface area contributed by atoms with Crippen LogP contribution in [-0.4, -0.2) is 37.2 Å². The summed E-state index contributed by atoms with van der Waals surface area (Å²) in [6.45, 7) is 2.12. The number of nitrogens with one attached hydrogen (secondary N) is 2. The van der Waals surface area contributed by atoms with Gasteiger partial charge in [-0.05, 0) is 17.9 Å². The fourth-order valence-electron chi connectivity index (χ4n) is 1.77. The average Bonchev–Trinajstić information content (AvgIpc) is 2.98. The van der Waals surface area contributed by atoms with Crippen LogP contribution in [0.15, 0.2) is 23.0 Å². The number of thiophene rings is 1. The minimum atomic E-state index is -3.26. The molecule has 0 aliphatic heterocycles. The van der Waals surface area contributed by atoms with Crippen molar-refractivity contribution in [3.63, 3.8) is 0 Å². The number of rotatable bonds is 7. The number of hydrogen-bond donors (Lipinski definition) is 2. The zero-order valence-corrected chi connectivity index (χ0v) is 13.8. The summed E-state index contributed by atoms with van der Waals surface area (Å²) in [5.74, 6) is -0.226. The summed E-state index contributed by atoms with van der Waals surface area (Å²) in [5.41, 5.74) is 0.917. The number of anilines is 1. The van der Waals surface area contributed by atoms with Gasteiger partial charge < -0.3 is 5.32 Å². The van der Waals surface area contributed by atoms with Gasteiger partial charge in [-0.2, -0.15) is 11.3 Å². The summed E-state index contributed by atoms with van der Waals surface area (Å²) in [5, 5.41) is 6.66. The van der Waals surface area contributed by atoms with E-state index in [4.69, 9.17) is 0 Å². The SMILES string of the molecule is CC[C@@H](CNS(C)(=O)=O)Nc1ncc(F)c(-c2ccsc2)n1. The van der Waals surface area contributed by atoms with E-state index < -0.39 is 15.8 Å². The molecule has 0 radical (unpaired) electrons. The van der Waals surface area contributed by atoms with Crippen LogP contribution < -0.4 is 10.0 Å². The van der Waals surface area contributed by atoms with Crippen molar-refractivity contribution in [2.24, 2.45) is 0 Å². The Morgan fingerprint density at radius 3 is 2.82 bits per heavy atom. The summed E-state index contributed by atoms with van der Waals surface area (Å²) < 4.78 is 38.5. The van der Waals surface area contributed by atoms with Crippen molar-refractivity contribution in [2.75, 3.05) is 18.1 Å². The number of nitrogens with zero attached hydrogens (tertiary/aromatic N) is 2. The normalized spacial score (nSPS) is 13.0. The van der Waals surface area contributed by atoms with E-state index in [0.717, 1.165) is 12.5 Å². The zero-order valence-electron chi connectivity index (χ0n) is 12.2. The molecule has 6 nitrogen and oxygen atoms in total. The Hall–Kier alpha value is -1.58. The predicted molar refractivity (Wildman–Crippen MR) is 85.9 cm³/mol. The van der Waals surface area contributed by atoms with Crippen molar-refractivity contribution in [3.05, 3.63) is 28.8 Å². The van der Waals surface area contributed by atoms with Crippen molar-refractivity contribution in [2.45, 2.75) is 19.4 Å². The number of halogens is 1. The second kappa shape index (κ2) is 7.12. The highest BCUT2D eigenvalue weighted by atomic mass is 32.2. The highest BCUT2D eigenvalue weighted by molar-refractivity contribution is 7.88. The van der Waals surface area contributed by atoms with Crippen molar-refractivity contribution in [1.29, 1.82) is 0 Å². The van der Waals surface area contributed by atoms with Gasteiger partial charge in [0.15, 0.2) is 5.82 Å². The van der Waals surface area contributed by atoms with Crippen LogP contribution in [0.4, 0.5) is 10.3 Å². The van der Waals surface area contributed by atoms with Gasteiger partial charge in [0.1, 0.15) is 5.69 Å².